The lowest BCUT2D eigenvalue weighted by molar-refractivity contribution is 0.0735. The fraction of sp³-hybridized carbons (Fsp3) is 0.400. The number of nitrogens with zero attached hydrogens (tertiary/aromatic N) is 3. The fourth-order valence-corrected chi connectivity index (χ4v) is 5.46. The molecular formula is C30H35FN3O2. The number of halogens is 1. The molecule has 36 heavy (non-hydrogen) atoms. The van der Waals surface area contributed by atoms with Crippen molar-refractivity contribution < 1.29 is 14.3 Å². The Balaban J connectivity index is 1.76. The Labute approximate surface area is 213 Å². The minimum atomic E-state index is -0.409. The highest BCUT2D eigenvalue weighted by atomic mass is 19.1. The average molecular weight is 489 g/mol. The van der Waals surface area contributed by atoms with Crippen molar-refractivity contribution in [1.29, 1.82) is 0 Å². The van der Waals surface area contributed by atoms with Gasteiger partial charge < -0.3 is 14.9 Å². The number of aromatic hydroxyl groups is 1. The molecule has 0 spiro atoms. The highest BCUT2D eigenvalue weighted by molar-refractivity contribution is 5.99. The number of unbranched alkanes of at least 4 members (excludes halogenated alkanes) is 1. The van der Waals surface area contributed by atoms with Crippen LogP contribution in [0.2, 0.25) is 0 Å². The van der Waals surface area contributed by atoms with Gasteiger partial charge in [-0.15, -0.1) is 0 Å². The van der Waals surface area contributed by atoms with E-state index in [-0.39, 0.29) is 29.2 Å². The number of benzene rings is 2. The number of phenolic OH excluding ortho intramolecular Hbond substituents is 1. The predicted molar refractivity (Wildman–Crippen MR) is 140 cm³/mol. The smallest absolute Gasteiger partial charge is 0.167 e. The number of likely N-dealkylation sites (tertiary alicyclic amines) is 1. The summed E-state index contributed by atoms with van der Waals surface area (Å²) in [6, 6.07) is 15.6. The van der Waals surface area contributed by atoms with Gasteiger partial charge in [0.05, 0.1) is 6.20 Å². The van der Waals surface area contributed by atoms with Crippen LogP contribution in [0.1, 0.15) is 51.7 Å². The van der Waals surface area contributed by atoms with Gasteiger partial charge in [0.1, 0.15) is 11.6 Å². The first-order valence-electron chi connectivity index (χ1n) is 12.6. The van der Waals surface area contributed by atoms with Crippen LogP contribution in [0.4, 0.5) is 4.39 Å². The highest BCUT2D eigenvalue weighted by Gasteiger charge is 2.43. The molecule has 1 fully saturated rings. The van der Waals surface area contributed by atoms with E-state index >= 15 is 0 Å². The molecule has 0 unspecified atom stereocenters. The third-order valence-corrected chi connectivity index (χ3v) is 7.27. The van der Waals surface area contributed by atoms with Crippen molar-refractivity contribution in [3.05, 3.63) is 95.1 Å². The first-order valence-corrected chi connectivity index (χ1v) is 12.6. The van der Waals surface area contributed by atoms with Crippen LogP contribution in [0, 0.1) is 24.9 Å². The van der Waals surface area contributed by atoms with Crippen molar-refractivity contribution in [2.75, 3.05) is 40.3 Å². The van der Waals surface area contributed by atoms with E-state index in [2.05, 4.69) is 35.1 Å². The molecule has 2 heterocycles. The third kappa shape index (κ3) is 6.00. The minimum Gasteiger partial charge on any atom is -0.508 e. The Morgan fingerprint density at radius 3 is 2.67 bits per heavy atom. The summed E-state index contributed by atoms with van der Waals surface area (Å²) in [5.41, 5.74) is 2.83. The highest BCUT2D eigenvalue weighted by Crippen LogP contribution is 2.45. The van der Waals surface area contributed by atoms with Crippen LogP contribution >= 0.6 is 0 Å². The van der Waals surface area contributed by atoms with Gasteiger partial charge in [-0.2, -0.15) is 0 Å². The van der Waals surface area contributed by atoms with Crippen molar-refractivity contribution in [3.8, 4) is 5.75 Å². The molecule has 189 valence electrons. The molecule has 1 N–H and O–H groups in total. The fourth-order valence-electron chi connectivity index (χ4n) is 5.46. The van der Waals surface area contributed by atoms with Gasteiger partial charge in [-0.25, -0.2) is 4.39 Å². The number of Topliss-reactive ketones (excluding diaryl/α,β-unsaturated/α-hetero) is 1. The van der Waals surface area contributed by atoms with Gasteiger partial charge in [0, 0.05) is 42.6 Å². The predicted octanol–water partition coefficient (Wildman–Crippen LogP) is 5.06. The number of ketones is 1. The van der Waals surface area contributed by atoms with Crippen LogP contribution in [0.15, 0.2) is 60.8 Å². The molecule has 1 aliphatic rings. The Morgan fingerprint density at radius 2 is 1.94 bits per heavy atom. The van der Waals surface area contributed by atoms with Gasteiger partial charge in [-0.1, -0.05) is 30.3 Å². The number of carbonyl (C=O) groups is 1. The number of aromatic nitrogens is 1. The van der Waals surface area contributed by atoms with E-state index in [4.69, 9.17) is 0 Å². The number of rotatable bonds is 9. The number of carbonyl (C=O) groups excluding carboxylic acids is 1. The quantitative estimate of drug-likeness (QED) is 0.337. The normalized spacial score (nSPS) is 20.5. The molecule has 3 atom stereocenters. The van der Waals surface area contributed by atoms with Gasteiger partial charge in [0.15, 0.2) is 5.78 Å². The molecule has 1 saturated heterocycles. The molecule has 5 nitrogen and oxygen atoms in total. The third-order valence-electron chi connectivity index (χ3n) is 7.27. The van der Waals surface area contributed by atoms with Crippen LogP contribution in [0.25, 0.3) is 0 Å². The summed E-state index contributed by atoms with van der Waals surface area (Å²) >= 11 is 0. The molecule has 4 rings (SSSR count). The maximum atomic E-state index is 14.8. The van der Waals surface area contributed by atoms with E-state index in [1.807, 2.05) is 18.2 Å². The lowest BCUT2D eigenvalue weighted by atomic mass is 9.68. The summed E-state index contributed by atoms with van der Waals surface area (Å²) in [5, 5.41) is 10.1. The summed E-state index contributed by atoms with van der Waals surface area (Å²) in [6.07, 6.45) is 6.95. The van der Waals surface area contributed by atoms with E-state index in [1.165, 1.54) is 12.1 Å². The Bertz CT molecular complexity index is 1170. The van der Waals surface area contributed by atoms with E-state index in [0.29, 0.717) is 17.7 Å². The van der Waals surface area contributed by atoms with Crippen LogP contribution in [-0.2, 0) is 0 Å². The lowest BCUT2D eigenvalue weighted by Crippen LogP contribution is -2.47. The molecule has 1 aliphatic heterocycles. The van der Waals surface area contributed by atoms with Gasteiger partial charge in [0.25, 0.3) is 0 Å². The van der Waals surface area contributed by atoms with Crippen LogP contribution in [0.5, 0.6) is 5.75 Å². The molecule has 0 amide bonds. The Morgan fingerprint density at radius 1 is 1.14 bits per heavy atom. The van der Waals surface area contributed by atoms with Crippen LogP contribution in [0.3, 0.4) is 0 Å². The molecule has 1 radical (unpaired) electrons. The van der Waals surface area contributed by atoms with Crippen molar-refractivity contribution in [2.24, 2.45) is 5.92 Å². The van der Waals surface area contributed by atoms with Crippen LogP contribution in [-0.4, -0.2) is 65.9 Å². The van der Waals surface area contributed by atoms with Crippen molar-refractivity contribution >= 4 is 5.78 Å². The van der Waals surface area contributed by atoms with Crippen molar-refractivity contribution in [2.45, 2.75) is 31.6 Å². The van der Waals surface area contributed by atoms with Gasteiger partial charge in [0.2, 0.25) is 0 Å². The zero-order valence-electron chi connectivity index (χ0n) is 21.3. The SMILES string of the molecule is Cc1c(F)cccc1[C@H]1[C@@H](C(=O)c2cccc(O)c2)CN(CCCCN(C)C)C[C@@H]1c1[c]nccc1. The second kappa shape index (κ2) is 11.8. The summed E-state index contributed by atoms with van der Waals surface area (Å²) < 4.78 is 14.8. The maximum Gasteiger partial charge on any atom is 0.167 e. The number of phenols is 1. The second-order valence-corrected chi connectivity index (χ2v) is 10.1. The van der Waals surface area contributed by atoms with Gasteiger partial charge in [-0.3, -0.25) is 9.78 Å². The largest absolute Gasteiger partial charge is 0.508 e. The summed E-state index contributed by atoms with van der Waals surface area (Å²) in [4.78, 5) is 22.8. The molecule has 6 heteroatoms. The standard InChI is InChI=1S/C30H35FN3O2/c1-21-25(12-7-13-28(21)31)29-26(23-10-8-14-32-18-23)19-34(16-5-4-15-33(2)3)20-27(29)30(36)22-9-6-11-24(35)17-22/h6-14,17,26-27,29,35H,4-5,15-16,19-20H2,1-3H3/t26-,27+,29-/m1/s1. The summed E-state index contributed by atoms with van der Waals surface area (Å²) in [6.45, 7) is 5.01. The molecule has 2 aromatic carbocycles. The van der Waals surface area contributed by atoms with Crippen molar-refractivity contribution in [1.82, 2.24) is 14.8 Å². The Kier molecular flexibility index (Phi) is 8.49. The molecular weight excluding hydrogens is 453 g/mol. The zero-order chi connectivity index (χ0) is 25.7. The molecule has 0 aliphatic carbocycles. The van der Waals surface area contributed by atoms with Gasteiger partial charge in [-0.05, 0) is 87.9 Å². The first kappa shape index (κ1) is 26.0. The van der Waals surface area contributed by atoms with Crippen LogP contribution < -0.4 is 0 Å². The monoisotopic (exact) mass is 488 g/mol. The molecule has 3 aromatic rings. The molecule has 0 bridgehead atoms. The maximum absolute atomic E-state index is 14.8. The Hall–Kier alpha value is -3.09. The summed E-state index contributed by atoms with van der Waals surface area (Å²) in [7, 11) is 4.15. The average Bonchev–Trinajstić information content (AvgIpc) is 2.88. The summed E-state index contributed by atoms with van der Waals surface area (Å²) in [5.74, 6) is -0.967. The van der Waals surface area contributed by atoms with E-state index in [0.717, 1.165) is 43.6 Å². The van der Waals surface area contributed by atoms with Crippen molar-refractivity contribution in [3.63, 3.8) is 0 Å². The number of hydrogen-bond acceptors (Lipinski definition) is 5. The first-order chi connectivity index (χ1) is 17.3. The second-order valence-electron chi connectivity index (χ2n) is 10.1. The topological polar surface area (TPSA) is 56.7 Å². The lowest BCUT2D eigenvalue weighted by Gasteiger charge is -2.44. The zero-order valence-corrected chi connectivity index (χ0v) is 21.3. The minimum absolute atomic E-state index is 0.0357. The number of piperidine rings is 1. The number of pyridine rings is 1. The molecule has 0 saturated carbocycles. The van der Waals surface area contributed by atoms with E-state index < -0.39 is 5.92 Å². The molecule has 1 aromatic heterocycles. The van der Waals surface area contributed by atoms with Gasteiger partial charge >= 0.3 is 0 Å². The van der Waals surface area contributed by atoms with E-state index in [1.54, 1.807) is 37.4 Å². The van der Waals surface area contributed by atoms with E-state index in [9.17, 15) is 14.3 Å². The number of hydrogen-bond donors (Lipinski definition) is 1.